The number of carboxylic acids is 1. The lowest BCUT2D eigenvalue weighted by Crippen LogP contribution is -2.30. The first-order chi connectivity index (χ1) is 21.4. The van der Waals surface area contributed by atoms with Gasteiger partial charge < -0.3 is 15.7 Å². The van der Waals surface area contributed by atoms with Crippen LogP contribution in [0.2, 0.25) is 5.02 Å². The predicted molar refractivity (Wildman–Crippen MR) is 180 cm³/mol. The number of halogens is 1. The molecule has 5 aromatic carbocycles. The molecule has 5 aromatic rings. The number of hydrogen-bond donors (Lipinski definition) is 3. The number of amides is 1. The summed E-state index contributed by atoms with van der Waals surface area (Å²) < 4.78 is 0. The van der Waals surface area contributed by atoms with Gasteiger partial charge in [-0.25, -0.2) is 0 Å². The summed E-state index contributed by atoms with van der Waals surface area (Å²) in [5, 5.41) is 18.7. The van der Waals surface area contributed by atoms with E-state index in [9.17, 15) is 14.7 Å². The van der Waals surface area contributed by atoms with Crippen molar-refractivity contribution in [2.45, 2.75) is 51.6 Å². The van der Waals surface area contributed by atoms with E-state index in [1.165, 1.54) is 24.8 Å². The van der Waals surface area contributed by atoms with Crippen LogP contribution in [0.15, 0.2) is 109 Å². The fourth-order valence-electron chi connectivity index (χ4n) is 5.51. The van der Waals surface area contributed by atoms with Gasteiger partial charge >= 0.3 is 5.97 Å². The Hall–Kier alpha value is -4.61. The second-order valence-electron chi connectivity index (χ2n) is 11.1. The van der Waals surface area contributed by atoms with E-state index in [2.05, 4.69) is 66.1 Å². The van der Waals surface area contributed by atoms with E-state index < -0.39 is 17.9 Å². The summed E-state index contributed by atoms with van der Waals surface area (Å²) in [6.45, 7) is 2.71. The highest BCUT2D eigenvalue weighted by atomic mass is 35.5. The highest BCUT2D eigenvalue weighted by molar-refractivity contribution is 6.31. The predicted octanol–water partition coefficient (Wildman–Crippen LogP) is 9.45. The number of carbonyl (C=O) groups is 2. The molecule has 1 unspecified atom stereocenters. The summed E-state index contributed by atoms with van der Waals surface area (Å²) in [4.78, 5) is 25.4. The molecule has 6 heteroatoms. The normalized spacial score (nSPS) is 11.7. The zero-order chi connectivity index (χ0) is 30.9. The largest absolute Gasteiger partial charge is 0.481 e. The van der Waals surface area contributed by atoms with Gasteiger partial charge in [0.25, 0.3) is 5.91 Å². The Morgan fingerprint density at radius 3 is 2.25 bits per heavy atom. The van der Waals surface area contributed by atoms with Crippen LogP contribution >= 0.6 is 11.6 Å². The van der Waals surface area contributed by atoms with Crippen molar-refractivity contribution >= 4 is 39.9 Å². The third-order valence-corrected chi connectivity index (χ3v) is 8.16. The maximum absolute atomic E-state index is 13.6. The smallest absolute Gasteiger partial charge is 0.305 e. The van der Waals surface area contributed by atoms with Gasteiger partial charge in [0.15, 0.2) is 0 Å². The van der Waals surface area contributed by atoms with Crippen LogP contribution in [0, 0.1) is 0 Å². The Morgan fingerprint density at radius 2 is 1.52 bits per heavy atom. The van der Waals surface area contributed by atoms with Crippen molar-refractivity contribution in [3.63, 3.8) is 0 Å². The van der Waals surface area contributed by atoms with Gasteiger partial charge in [0.2, 0.25) is 0 Å². The van der Waals surface area contributed by atoms with Crippen LogP contribution in [0.4, 0.5) is 5.69 Å². The summed E-state index contributed by atoms with van der Waals surface area (Å²) >= 11 is 6.31. The van der Waals surface area contributed by atoms with Gasteiger partial charge in [0, 0.05) is 17.3 Å². The number of hydrogen-bond acceptors (Lipinski definition) is 3. The molecule has 3 N–H and O–H groups in total. The fraction of sp³-hybridized carbons (Fsp3) is 0.211. The summed E-state index contributed by atoms with van der Waals surface area (Å²) in [6, 6.07) is 35.0. The lowest BCUT2D eigenvalue weighted by Gasteiger charge is -2.20. The molecule has 0 heterocycles. The van der Waals surface area contributed by atoms with Crippen molar-refractivity contribution < 1.29 is 14.7 Å². The van der Waals surface area contributed by atoms with E-state index in [0.717, 1.165) is 33.9 Å². The molecule has 0 fully saturated rings. The summed E-state index contributed by atoms with van der Waals surface area (Å²) in [5.41, 5.74) is 6.23. The van der Waals surface area contributed by atoms with Crippen LogP contribution in [-0.4, -0.2) is 17.0 Å². The van der Waals surface area contributed by atoms with Crippen LogP contribution in [0.1, 0.15) is 65.7 Å². The third-order valence-electron chi connectivity index (χ3n) is 7.93. The van der Waals surface area contributed by atoms with Crippen molar-refractivity contribution in [1.29, 1.82) is 0 Å². The fourth-order valence-corrected chi connectivity index (χ4v) is 5.68. The zero-order valence-corrected chi connectivity index (χ0v) is 25.6. The summed E-state index contributed by atoms with van der Waals surface area (Å²) in [6.07, 6.45) is 4.46. The first-order valence-electron chi connectivity index (χ1n) is 15.1. The van der Waals surface area contributed by atoms with E-state index in [-0.39, 0.29) is 6.42 Å². The highest BCUT2D eigenvalue weighted by Crippen LogP contribution is 2.27. The molecular weight excluding hydrogens is 568 g/mol. The number of benzene rings is 5. The summed E-state index contributed by atoms with van der Waals surface area (Å²) in [5.74, 6) is -1.40. The number of anilines is 1. The molecule has 1 atom stereocenters. The van der Waals surface area contributed by atoms with Crippen LogP contribution in [-0.2, 0) is 17.8 Å². The van der Waals surface area contributed by atoms with Crippen molar-refractivity contribution in [3.8, 4) is 11.1 Å². The quantitative estimate of drug-likeness (QED) is 0.117. The maximum Gasteiger partial charge on any atom is 0.305 e. The number of nitrogens with one attached hydrogen (secondary N) is 2. The second kappa shape index (κ2) is 14.7. The standard InChI is InChI=1S/C38H37ClN2O3/c1-2-3-4-8-26-13-15-27(16-14-26)28-17-19-30(20-18-28)36(24-37(42)43)41-38(44)34-23-32(39)21-22-35(34)40-25-31-11-7-10-29-9-5-6-12-33(29)31/h5-7,9-23,36,40H,2-4,8,24-25H2,1H3,(H,41,44)(H,42,43). The van der Waals surface area contributed by atoms with Crippen molar-refractivity contribution in [2.24, 2.45) is 0 Å². The lowest BCUT2D eigenvalue weighted by molar-refractivity contribution is -0.137. The third kappa shape index (κ3) is 7.86. The van der Waals surface area contributed by atoms with Gasteiger partial charge in [-0.05, 0) is 69.6 Å². The topological polar surface area (TPSA) is 78.4 Å². The molecule has 0 saturated carbocycles. The molecule has 0 spiro atoms. The van der Waals surface area contributed by atoms with Crippen molar-refractivity contribution in [2.75, 3.05) is 5.32 Å². The van der Waals surface area contributed by atoms with E-state index in [1.807, 2.05) is 42.5 Å². The minimum Gasteiger partial charge on any atom is -0.481 e. The van der Waals surface area contributed by atoms with E-state index >= 15 is 0 Å². The first-order valence-corrected chi connectivity index (χ1v) is 15.5. The highest BCUT2D eigenvalue weighted by Gasteiger charge is 2.21. The maximum atomic E-state index is 13.6. The van der Waals surface area contributed by atoms with Gasteiger partial charge in [0.05, 0.1) is 18.0 Å². The molecule has 0 aromatic heterocycles. The number of aliphatic carboxylic acids is 1. The molecule has 0 bridgehead atoms. The molecular formula is C38H37ClN2O3. The van der Waals surface area contributed by atoms with Crippen LogP contribution in [0.25, 0.3) is 21.9 Å². The molecule has 0 radical (unpaired) electrons. The average Bonchev–Trinajstić information content (AvgIpc) is 3.04. The van der Waals surface area contributed by atoms with Crippen molar-refractivity contribution in [3.05, 3.63) is 136 Å². The van der Waals surface area contributed by atoms with Gasteiger partial charge in [-0.1, -0.05) is 122 Å². The molecule has 1 amide bonds. The minimum absolute atomic E-state index is 0.253. The Labute approximate surface area is 263 Å². The number of aryl methyl sites for hydroxylation is 1. The molecule has 44 heavy (non-hydrogen) atoms. The van der Waals surface area contributed by atoms with Crippen LogP contribution in [0.5, 0.6) is 0 Å². The van der Waals surface area contributed by atoms with E-state index in [0.29, 0.717) is 28.4 Å². The first kappa shape index (κ1) is 30.8. The van der Waals surface area contributed by atoms with Crippen molar-refractivity contribution in [1.82, 2.24) is 5.32 Å². The minimum atomic E-state index is -1.00. The van der Waals surface area contributed by atoms with Gasteiger partial charge in [-0.2, -0.15) is 0 Å². The SMILES string of the molecule is CCCCCc1ccc(-c2ccc(C(CC(=O)O)NC(=O)c3cc(Cl)ccc3NCc3cccc4ccccc34)cc2)cc1. The number of rotatable bonds is 13. The number of unbranched alkanes of at least 4 members (excludes halogenated alkanes) is 2. The van der Waals surface area contributed by atoms with E-state index in [1.54, 1.807) is 18.2 Å². The number of carbonyl (C=O) groups excluding carboxylic acids is 1. The average molecular weight is 605 g/mol. The van der Waals surface area contributed by atoms with E-state index in [4.69, 9.17) is 11.6 Å². The van der Waals surface area contributed by atoms with Gasteiger partial charge in [0.1, 0.15) is 0 Å². The van der Waals surface area contributed by atoms with Crippen LogP contribution < -0.4 is 10.6 Å². The van der Waals surface area contributed by atoms with Gasteiger partial charge in [-0.15, -0.1) is 0 Å². The molecule has 0 aliphatic rings. The Morgan fingerprint density at radius 1 is 0.818 bits per heavy atom. The Kier molecular flexibility index (Phi) is 10.3. The molecule has 5 rings (SSSR count). The number of carboxylic acid groups (broad SMARTS) is 1. The molecule has 0 aliphatic carbocycles. The lowest BCUT2D eigenvalue weighted by atomic mass is 9.97. The molecule has 5 nitrogen and oxygen atoms in total. The summed E-state index contributed by atoms with van der Waals surface area (Å²) in [7, 11) is 0. The number of fused-ring (bicyclic) bond motifs is 1. The molecule has 224 valence electrons. The molecule has 0 saturated heterocycles. The van der Waals surface area contributed by atoms with Crippen LogP contribution in [0.3, 0.4) is 0 Å². The Balaban J connectivity index is 1.32. The second-order valence-corrected chi connectivity index (χ2v) is 11.5. The van der Waals surface area contributed by atoms with Gasteiger partial charge in [-0.3, -0.25) is 9.59 Å². The monoisotopic (exact) mass is 604 g/mol. The Bertz CT molecular complexity index is 1730. The molecule has 0 aliphatic heterocycles. The zero-order valence-electron chi connectivity index (χ0n) is 24.9.